The lowest BCUT2D eigenvalue weighted by atomic mass is 9.76. The van der Waals surface area contributed by atoms with Gasteiger partial charge in [-0.05, 0) is 34.6 Å². The Bertz CT molecular complexity index is 1520. The molecule has 0 aromatic heterocycles. The minimum atomic E-state index is -0.720. The van der Waals surface area contributed by atoms with E-state index in [1.54, 1.807) is 4.90 Å². The Balaban J connectivity index is 1.20. The van der Waals surface area contributed by atoms with Gasteiger partial charge in [0.15, 0.2) is 0 Å². The minimum Gasteiger partial charge on any atom is -0.459 e. The van der Waals surface area contributed by atoms with Crippen LogP contribution in [0.2, 0.25) is 0 Å². The normalized spacial score (nSPS) is 20.1. The maximum Gasteiger partial charge on any atom is 0.329 e. The van der Waals surface area contributed by atoms with E-state index in [2.05, 4.69) is 46.6 Å². The Hall–Kier alpha value is -4.75. The summed E-state index contributed by atoms with van der Waals surface area (Å²) in [5.74, 6) is -1.00. The van der Waals surface area contributed by atoms with Gasteiger partial charge < -0.3 is 15.0 Å². The van der Waals surface area contributed by atoms with Crippen molar-refractivity contribution in [2.45, 2.75) is 50.5 Å². The lowest BCUT2D eigenvalue weighted by molar-refractivity contribution is -0.157. The quantitative estimate of drug-likeness (QED) is 0.146. The number of hydrogen-bond donors (Lipinski definition) is 1. The van der Waals surface area contributed by atoms with E-state index in [1.807, 2.05) is 98.8 Å². The average Bonchev–Trinajstić information content (AvgIpc) is 3.81. The summed E-state index contributed by atoms with van der Waals surface area (Å²) in [5.41, 5.74) is 3.39. The van der Waals surface area contributed by atoms with Gasteiger partial charge in [0.25, 0.3) is 0 Å². The average molecular weight is 602 g/mol. The zero-order valence-corrected chi connectivity index (χ0v) is 25.7. The van der Waals surface area contributed by atoms with Crippen molar-refractivity contribution >= 4 is 17.8 Å². The van der Waals surface area contributed by atoms with E-state index in [0.29, 0.717) is 19.5 Å². The molecule has 230 valence electrons. The number of carbonyl (C=O) groups is 3. The smallest absolute Gasteiger partial charge is 0.329 e. The molecule has 6 rings (SSSR count). The number of ether oxygens (including phenoxy) is 1. The second-order valence-electron chi connectivity index (χ2n) is 12.1. The van der Waals surface area contributed by atoms with Gasteiger partial charge in [-0.1, -0.05) is 135 Å². The number of hydrogen-bond acceptors (Lipinski definition) is 5. The van der Waals surface area contributed by atoms with E-state index in [9.17, 15) is 14.4 Å². The standard InChI is InChI=1S/C38H39N3O4/c1-27(2)34(37(44)45-26-28-15-7-3-8-16-28)40-24-23-32(36(40)43)39-35(42)33-25-41(33)38(29-17-9-4-10-18-29,30-19-11-5-12-20-30)31-21-13-6-14-22-31/h3-22,27,32-34H,23-26H2,1-2H3,(H,39,42)/t32-,33?,34+,41?/m1/s1. The highest BCUT2D eigenvalue weighted by Crippen LogP contribution is 2.48. The van der Waals surface area contributed by atoms with E-state index in [-0.39, 0.29) is 24.3 Å². The van der Waals surface area contributed by atoms with E-state index in [0.717, 1.165) is 22.3 Å². The molecular weight excluding hydrogens is 562 g/mol. The van der Waals surface area contributed by atoms with Crippen LogP contribution in [0.15, 0.2) is 121 Å². The van der Waals surface area contributed by atoms with E-state index >= 15 is 0 Å². The van der Waals surface area contributed by atoms with Crippen LogP contribution in [0, 0.1) is 5.92 Å². The first-order chi connectivity index (χ1) is 21.9. The molecule has 0 radical (unpaired) electrons. The third-order valence-electron chi connectivity index (χ3n) is 8.91. The molecule has 7 nitrogen and oxygen atoms in total. The Morgan fingerprint density at radius 1 is 0.800 bits per heavy atom. The number of carbonyl (C=O) groups excluding carboxylic acids is 3. The molecule has 0 spiro atoms. The van der Waals surface area contributed by atoms with Crippen LogP contribution >= 0.6 is 0 Å². The van der Waals surface area contributed by atoms with Crippen LogP contribution in [-0.4, -0.2) is 58.8 Å². The summed E-state index contributed by atoms with van der Waals surface area (Å²) >= 11 is 0. The zero-order valence-electron chi connectivity index (χ0n) is 25.7. The van der Waals surface area contributed by atoms with E-state index < -0.39 is 29.6 Å². The molecule has 2 saturated heterocycles. The van der Waals surface area contributed by atoms with Crippen LogP contribution in [0.1, 0.15) is 42.5 Å². The van der Waals surface area contributed by atoms with Gasteiger partial charge in [0.2, 0.25) is 11.8 Å². The molecule has 1 N–H and O–H groups in total. The molecule has 4 atom stereocenters. The summed E-state index contributed by atoms with van der Waals surface area (Å²) in [7, 11) is 0. The fourth-order valence-electron chi connectivity index (χ4n) is 6.72. The maximum atomic E-state index is 13.8. The maximum absolute atomic E-state index is 13.8. The second kappa shape index (κ2) is 13.1. The number of nitrogens with one attached hydrogen (secondary N) is 1. The van der Waals surface area contributed by atoms with Crippen LogP contribution in [0.5, 0.6) is 0 Å². The number of likely N-dealkylation sites (tertiary alicyclic amines) is 1. The molecule has 2 aliphatic rings. The van der Waals surface area contributed by atoms with Crippen molar-refractivity contribution < 1.29 is 19.1 Å². The van der Waals surface area contributed by atoms with Gasteiger partial charge in [-0.3, -0.25) is 14.5 Å². The predicted octanol–water partition coefficient (Wildman–Crippen LogP) is 5.15. The first kappa shape index (κ1) is 30.3. The molecule has 2 aliphatic heterocycles. The summed E-state index contributed by atoms with van der Waals surface area (Å²) in [5, 5.41) is 3.04. The number of amides is 2. The summed E-state index contributed by atoms with van der Waals surface area (Å²) in [6.07, 6.45) is 0.438. The summed E-state index contributed by atoms with van der Waals surface area (Å²) in [6.45, 7) is 4.88. The second-order valence-corrected chi connectivity index (χ2v) is 12.1. The molecule has 4 aromatic rings. The molecule has 45 heavy (non-hydrogen) atoms. The molecule has 2 amide bonds. The molecular formula is C38H39N3O4. The highest BCUT2D eigenvalue weighted by atomic mass is 16.5. The zero-order chi connectivity index (χ0) is 31.4. The molecule has 2 heterocycles. The van der Waals surface area contributed by atoms with Crippen molar-refractivity contribution in [2.24, 2.45) is 5.92 Å². The predicted molar refractivity (Wildman–Crippen MR) is 173 cm³/mol. The Kier molecular flexibility index (Phi) is 8.80. The van der Waals surface area contributed by atoms with E-state index in [4.69, 9.17) is 4.74 Å². The first-order valence-corrected chi connectivity index (χ1v) is 15.7. The van der Waals surface area contributed by atoms with Crippen LogP contribution in [0.25, 0.3) is 0 Å². The topological polar surface area (TPSA) is 78.7 Å². The monoisotopic (exact) mass is 601 g/mol. The van der Waals surface area contributed by atoms with Crippen molar-refractivity contribution in [3.05, 3.63) is 144 Å². The number of benzene rings is 4. The fraction of sp³-hybridized carbons (Fsp3) is 0.289. The van der Waals surface area contributed by atoms with Gasteiger partial charge in [0.1, 0.15) is 24.7 Å². The third kappa shape index (κ3) is 6.00. The number of esters is 1. The molecule has 2 unspecified atom stereocenters. The van der Waals surface area contributed by atoms with Crippen LogP contribution in [-0.2, 0) is 31.3 Å². The Morgan fingerprint density at radius 2 is 1.29 bits per heavy atom. The van der Waals surface area contributed by atoms with Crippen molar-refractivity contribution in [2.75, 3.05) is 13.1 Å². The van der Waals surface area contributed by atoms with Crippen LogP contribution in [0.3, 0.4) is 0 Å². The molecule has 0 aliphatic carbocycles. The van der Waals surface area contributed by atoms with E-state index in [1.165, 1.54) is 0 Å². The first-order valence-electron chi connectivity index (χ1n) is 15.7. The van der Waals surface area contributed by atoms with Crippen molar-refractivity contribution in [3.8, 4) is 0 Å². The SMILES string of the molecule is CC(C)[C@@H](C(=O)OCc1ccccc1)N1CC[C@@H](NC(=O)C2CN2C(c2ccccc2)(c2ccccc2)c2ccccc2)C1=O. The number of nitrogens with zero attached hydrogens (tertiary/aromatic N) is 2. The van der Waals surface area contributed by atoms with Crippen molar-refractivity contribution in [1.82, 2.24) is 15.1 Å². The summed E-state index contributed by atoms with van der Waals surface area (Å²) < 4.78 is 5.63. The van der Waals surface area contributed by atoms with Crippen LogP contribution in [0.4, 0.5) is 0 Å². The molecule has 0 bridgehead atoms. The van der Waals surface area contributed by atoms with Gasteiger partial charge in [-0.15, -0.1) is 0 Å². The number of rotatable bonds is 11. The fourth-order valence-corrected chi connectivity index (χ4v) is 6.72. The molecule has 7 heteroatoms. The summed E-state index contributed by atoms with van der Waals surface area (Å²) in [6, 6.07) is 38.4. The Morgan fingerprint density at radius 3 is 1.78 bits per heavy atom. The minimum absolute atomic E-state index is 0.145. The van der Waals surface area contributed by atoms with Gasteiger partial charge in [0, 0.05) is 13.1 Å². The summed E-state index contributed by atoms with van der Waals surface area (Å²) in [4.78, 5) is 44.5. The third-order valence-corrected chi connectivity index (χ3v) is 8.91. The highest BCUT2D eigenvalue weighted by molar-refractivity contribution is 5.94. The van der Waals surface area contributed by atoms with Gasteiger partial charge in [-0.25, -0.2) is 4.79 Å². The molecule has 4 aromatic carbocycles. The Labute approximate surface area is 264 Å². The van der Waals surface area contributed by atoms with Crippen molar-refractivity contribution in [3.63, 3.8) is 0 Å². The van der Waals surface area contributed by atoms with Gasteiger partial charge in [0.05, 0.1) is 5.54 Å². The van der Waals surface area contributed by atoms with Crippen LogP contribution < -0.4 is 5.32 Å². The largest absolute Gasteiger partial charge is 0.459 e. The lowest BCUT2D eigenvalue weighted by Crippen LogP contribution is -2.51. The van der Waals surface area contributed by atoms with Gasteiger partial charge in [-0.2, -0.15) is 0 Å². The van der Waals surface area contributed by atoms with Gasteiger partial charge >= 0.3 is 5.97 Å². The molecule has 2 fully saturated rings. The lowest BCUT2D eigenvalue weighted by Gasteiger charge is -2.38. The van der Waals surface area contributed by atoms with Crippen molar-refractivity contribution in [1.29, 1.82) is 0 Å². The molecule has 0 saturated carbocycles. The highest BCUT2D eigenvalue weighted by Gasteiger charge is 2.56.